The van der Waals surface area contributed by atoms with E-state index >= 15 is 0 Å². The molecule has 1 saturated heterocycles. The minimum Gasteiger partial charge on any atom is -0.495 e. The van der Waals surface area contributed by atoms with Crippen molar-refractivity contribution in [2.45, 2.75) is 24.9 Å². The Bertz CT molecular complexity index is 697. The van der Waals surface area contributed by atoms with E-state index in [0.29, 0.717) is 31.5 Å². The third-order valence-corrected chi connectivity index (χ3v) is 4.71. The zero-order valence-electron chi connectivity index (χ0n) is 14.4. The molecule has 2 aromatic carbocycles. The predicted molar refractivity (Wildman–Crippen MR) is 102 cm³/mol. The molecule has 0 bridgehead atoms. The van der Waals surface area contributed by atoms with Gasteiger partial charge in [0.15, 0.2) is 5.78 Å². The SMILES string of the molecule is COc1ccccc1N1CCC(O)(CC(=O)c2ccccc2)CC1.Cl. The zero-order chi connectivity index (χ0) is 17.0. The Morgan fingerprint density at radius 2 is 1.68 bits per heavy atom. The summed E-state index contributed by atoms with van der Waals surface area (Å²) in [5.74, 6) is 0.840. The smallest absolute Gasteiger partial charge is 0.165 e. The number of carbonyl (C=O) groups is 1. The van der Waals surface area contributed by atoms with E-state index in [9.17, 15) is 9.90 Å². The number of hydrogen-bond donors (Lipinski definition) is 1. The van der Waals surface area contributed by atoms with Gasteiger partial charge in [-0.1, -0.05) is 42.5 Å². The second kappa shape index (κ2) is 8.37. The first-order chi connectivity index (χ1) is 11.6. The van der Waals surface area contributed by atoms with Crippen molar-refractivity contribution >= 4 is 23.9 Å². The van der Waals surface area contributed by atoms with Crippen molar-refractivity contribution in [1.29, 1.82) is 0 Å². The molecule has 1 N–H and O–H groups in total. The number of rotatable bonds is 5. The topological polar surface area (TPSA) is 49.8 Å². The van der Waals surface area contributed by atoms with E-state index in [0.717, 1.165) is 11.4 Å². The number of ketones is 1. The van der Waals surface area contributed by atoms with E-state index in [1.165, 1.54) is 0 Å². The number of methoxy groups -OCH3 is 1. The molecule has 4 nitrogen and oxygen atoms in total. The maximum Gasteiger partial charge on any atom is 0.165 e. The van der Waals surface area contributed by atoms with Crippen LogP contribution in [0.1, 0.15) is 29.6 Å². The molecule has 3 rings (SSSR count). The van der Waals surface area contributed by atoms with Gasteiger partial charge in [0.05, 0.1) is 18.4 Å². The Morgan fingerprint density at radius 3 is 2.32 bits per heavy atom. The van der Waals surface area contributed by atoms with Gasteiger partial charge in [0.25, 0.3) is 0 Å². The Morgan fingerprint density at radius 1 is 1.08 bits per heavy atom. The van der Waals surface area contributed by atoms with Crippen molar-refractivity contribution < 1.29 is 14.6 Å². The van der Waals surface area contributed by atoms with E-state index in [1.807, 2.05) is 42.5 Å². The summed E-state index contributed by atoms with van der Waals surface area (Å²) in [5, 5.41) is 10.8. The van der Waals surface area contributed by atoms with Crippen LogP contribution in [-0.2, 0) is 0 Å². The normalized spacial score (nSPS) is 16.0. The van der Waals surface area contributed by atoms with Gasteiger partial charge in [-0.3, -0.25) is 4.79 Å². The number of halogens is 1. The number of piperidine rings is 1. The van der Waals surface area contributed by atoms with Crippen molar-refractivity contribution in [1.82, 2.24) is 0 Å². The second-order valence-electron chi connectivity index (χ2n) is 6.35. The third-order valence-electron chi connectivity index (χ3n) is 4.71. The summed E-state index contributed by atoms with van der Waals surface area (Å²) in [4.78, 5) is 14.6. The van der Waals surface area contributed by atoms with Crippen LogP contribution in [0.4, 0.5) is 5.69 Å². The van der Waals surface area contributed by atoms with E-state index in [-0.39, 0.29) is 24.6 Å². The van der Waals surface area contributed by atoms with E-state index < -0.39 is 5.60 Å². The minimum absolute atomic E-state index is 0. The monoisotopic (exact) mass is 361 g/mol. The fourth-order valence-corrected chi connectivity index (χ4v) is 3.26. The number of Topliss-reactive ketones (excluding diaryl/α,β-unsaturated/α-hetero) is 1. The number of anilines is 1. The summed E-state index contributed by atoms with van der Waals surface area (Å²) in [6.45, 7) is 1.41. The Kier molecular flexibility index (Phi) is 6.45. The molecule has 0 radical (unpaired) electrons. The molecule has 134 valence electrons. The fourth-order valence-electron chi connectivity index (χ4n) is 3.26. The molecule has 1 heterocycles. The van der Waals surface area contributed by atoms with Crippen molar-refractivity contribution in [2.24, 2.45) is 0 Å². The molecular weight excluding hydrogens is 338 g/mol. The van der Waals surface area contributed by atoms with Crippen LogP contribution in [-0.4, -0.2) is 36.7 Å². The van der Waals surface area contributed by atoms with Crippen molar-refractivity contribution in [3.8, 4) is 5.75 Å². The van der Waals surface area contributed by atoms with Gasteiger partial charge in [-0.05, 0) is 25.0 Å². The molecule has 0 unspecified atom stereocenters. The zero-order valence-corrected chi connectivity index (χ0v) is 15.2. The first kappa shape index (κ1) is 19.3. The van der Waals surface area contributed by atoms with E-state index in [4.69, 9.17) is 4.74 Å². The van der Waals surface area contributed by atoms with Crippen LogP contribution in [0.15, 0.2) is 54.6 Å². The van der Waals surface area contributed by atoms with Gasteiger partial charge in [-0.25, -0.2) is 0 Å². The summed E-state index contributed by atoms with van der Waals surface area (Å²) >= 11 is 0. The summed E-state index contributed by atoms with van der Waals surface area (Å²) in [7, 11) is 1.66. The van der Waals surface area contributed by atoms with Crippen LogP contribution in [0.2, 0.25) is 0 Å². The van der Waals surface area contributed by atoms with Gasteiger partial charge in [0, 0.05) is 25.1 Å². The van der Waals surface area contributed by atoms with Crippen LogP contribution in [0.3, 0.4) is 0 Å². The molecule has 0 amide bonds. The molecule has 0 atom stereocenters. The lowest BCUT2D eigenvalue weighted by molar-refractivity contribution is 0.0108. The molecule has 1 fully saturated rings. The lowest BCUT2D eigenvalue weighted by Gasteiger charge is -2.39. The molecule has 0 spiro atoms. The lowest BCUT2D eigenvalue weighted by atomic mass is 9.85. The third kappa shape index (κ3) is 4.53. The standard InChI is InChI=1S/C20H23NO3.ClH/c1-24-19-10-6-5-9-17(19)21-13-11-20(23,12-14-21)15-18(22)16-7-3-2-4-8-16;/h2-10,23H,11-15H2,1H3;1H. The number of ether oxygens (including phenoxy) is 1. The van der Waals surface area contributed by atoms with Gasteiger partial charge < -0.3 is 14.7 Å². The molecule has 1 aliphatic rings. The number of hydrogen-bond acceptors (Lipinski definition) is 4. The molecule has 2 aromatic rings. The molecule has 0 saturated carbocycles. The van der Waals surface area contributed by atoms with E-state index in [1.54, 1.807) is 19.2 Å². The Labute approximate surface area is 154 Å². The average molecular weight is 362 g/mol. The second-order valence-corrected chi connectivity index (χ2v) is 6.35. The number of nitrogens with zero attached hydrogens (tertiary/aromatic N) is 1. The first-order valence-electron chi connectivity index (χ1n) is 8.30. The van der Waals surface area contributed by atoms with Gasteiger partial charge >= 0.3 is 0 Å². The lowest BCUT2D eigenvalue weighted by Crippen LogP contribution is -2.45. The summed E-state index contributed by atoms with van der Waals surface area (Å²) in [5.41, 5.74) is 0.778. The van der Waals surface area contributed by atoms with Gasteiger partial charge in [-0.15, -0.1) is 12.4 Å². The van der Waals surface area contributed by atoms with E-state index in [2.05, 4.69) is 4.90 Å². The minimum atomic E-state index is -0.925. The molecular formula is C20H24ClNO3. The number of aliphatic hydroxyl groups is 1. The molecule has 25 heavy (non-hydrogen) atoms. The van der Waals surface area contributed by atoms with Crippen LogP contribution >= 0.6 is 12.4 Å². The maximum atomic E-state index is 12.4. The predicted octanol–water partition coefficient (Wildman–Crippen LogP) is 3.72. The number of carbonyl (C=O) groups excluding carboxylic acids is 1. The maximum absolute atomic E-state index is 12.4. The van der Waals surface area contributed by atoms with Crippen LogP contribution in [0.25, 0.3) is 0 Å². The van der Waals surface area contributed by atoms with Crippen LogP contribution in [0, 0.1) is 0 Å². The Hall–Kier alpha value is -2.04. The highest BCUT2D eigenvalue weighted by Crippen LogP contribution is 2.34. The van der Waals surface area contributed by atoms with Crippen LogP contribution in [0.5, 0.6) is 5.75 Å². The van der Waals surface area contributed by atoms with Gasteiger partial charge in [-0.2, -0.15) is 0 Å². The van der Waals surface area contributed by atoms with Gasteiger partial charge in [0.2, 0.25) is 0 Å². The largest absolute Gasteiger partial charge is 0.495 e. The molecule has 0 aliphatic carbocycles. The van der Waals surface area contributed by atoms with Crippen molar-refractivity contribution in [3.05, 3.63) is 60.2 Å². The first-order valence-corrected chi connectivity index (χ1v) is 8.30. The number of para-hydroxylation sites is 2. The average Bonchev–Trinajstić information content (AvgIpc) is 2.63. The van der Waals surface area contributed by atoms with Crippen LogP contribution < -0.4 is 9.64 Å². The van der Waals surface area contributed by atoms with Crippen molar-refractivity contribution in [2.75, 3.05) is 25.1 Å². The summed E-state index contributed by atoms with van der Waals surface area (Å²) in [6, 6.07) is 17.1. The quantitative estimate of drug-likeness (QED) is 0.824. The summed E-state index contributed by atoms with van der Waals surface area (Å²) in [6.07, 6.45) is 1.32. The fraction of sp³-hybridized carbons (Fsp3) is 0.350. The number of benzene rings is 2. The summed E-state index contributed by atoms with van der Waals surface area (Å²) < 4.78 is 5.41. The highest BCUT2D eigenvalue weighted by atomic mass is 35.5. The Balaban J connectivity index is 0.00000225. The molecule has 0 aromatic heterocycles. The molecule has 5 heteroatoms. The molecule has 1 aliphatic heterocycles. The van der Waals surface area contributed by atoms with Gasteiger partial charge in [0.1, 0.15) is 5.75 Å². The highest BCUT2D eigenvalue weighted by Gasteiger charge is 2.35. The highest BCUT2D eigenvalue weighted by molar-refractivity contribution is 5.96. The van der Waals surface area contributed by atoms with Crippen molar-refractivity contribution in [3.63, 3.8) is 0 Å².